The Bertz CT molecular complexity index is 1240. The summed E-state index contributed by atoms with van der Waals surface area (Å²) in [5, 5.41) is 10.5. The van der Waals surface area contributed by atoms with E-state index in [1.165, 1.54) is 6.92 Å². The molecule has 218 valence electrons. The number of alkyl halides is 2. The molecular weight excluding hydrogens is 562 g/mol. The first-order valence-corrected chi connectivity index (χ1v) is 15.3. The van der Waals surface area contributed by atoms with E-state index in [0.717, 1.165) is 52.5 Å². The fourth-order valence-electron chi connectivity index (χ4n) is 4.53. The maximum Gasteiger partial charge on any atom is 0.160 e. The van der Waals surface area contributed by atoms with Crippen LogP contribution in [0.2, 0.25) is 0 Å². The lowest BCUT2D eigenvalue weighted by molar-refractivity contribution is 0.0754. The Kier molecular flexibility index (Phi) is 13.2. The SMILES string of the molecule is C=CS/C(=C\C1=CC(=C/C)/C(=NC)C=C1)C(=NC)N1CCC(C)(O)C1.CCc1ccc(C(C)F)cc1C(F)(P)P. The van der Waals surface area contributed by atoms with Gasteiger partial charge in [0.25, 0.3) is 0 Å². The number of aliphatic imine (C=N–C) groups is 2. The molecule has 0 spiro atoms. The third kappa shape index (κ3) is 9.58. The average Bonchev–Trinajstić information content (AvgIpc) is 3.27. The van der Waals surface area contributed by atoms with Crippen LogP contribution in [0.5, 0.6) is 0 Å². The molecule has 1 aliphatic carbocycles. The van der Waals surface area contributed by atoms with Crippen molar-refractivity contribution >= 4 is 41.8 Å². The van der Waals surface area contributed by atoms with E-state index in [0.29, 0.717) is 17.7 Å². The second kappa shape index (κ2) is 15.4. The van der Waals surface area contributed by atoms with E-state index in [9.17, 15) is 13.9 Å². The normalized spacial score (nSPS) is 22.8. The van der Waals surface area contributed by atoms with Crippen molar-refractivity contribution in [2.45, 2.75) is 57.5 Å². The molecule has 1 heterocycles. The van der Waals surface area contributed by atoms with Crippen molar-refractivity contribution in [3.63, 3.8) is 0 Å². The molecule has 1 aliphatic heterocycles. The predicted octanol–water partition coefficient (Wildman–Crippen LogP) is 7.85. The van der Waals surface area contributed by atoms with Gasteiger partial charge in [0.05, 0.1) is 16.2 Å². The fourth-order valence-corrected chi connectivity index (χ4v) is 5.78. The molecule has 4 atom stereocenters. The smallest absolute Gasteiger partial charge is 0.160 e. The fraction of sp³-hybridized carbons (Fsp3) is 0.419. The van der Waals surface area contributed by atoms with Crippen molar-refractivity contribution in [1.29, 1.82) is 0 Å². The van der Waals surface area contributed by atoms with E-state index in [1.807, 2.05) is 32.3 Å². The Hall–Kier alpha value is -1.91. The first-order valence-electron chi connectivity index (χ1n) is 13.3. The number of allylic oxidation sites excluding steroid dienone is 7. The average molecular weight is 606 g/mol. The summed E-state index contributed by atoms with van der Waals surface area (Å²) in [6.07, 6.45) is 10.8. The predicted molar refractivity (Wildman–Crippen MR) is 178 cm³/mol. The molecule has 0 amide bonds. The second-order valence-electron chi connectivity index (χ2n) is 9.99. The Morgan fingerprint density at radius 1 is 1.32 bits per heavy atom. The molecule has 9 heteroatoms. The molecule has 4 nitrogen and oxygen atoms in total. The number of thioether (sulfide) groups is 1. The lowest BCUT2D eigenvalue weighted by atomic mass is 9.99. The zero-order valence-corrected chi connectivity index (χ0v) is 27.5. The summed E-state index contributed by atoms with van der Waals surface area (Å²) < 4.78 is 26.9. The van der Waals surface area contributed by atoms with Crippen LogP contribution in [0, 0.1) is 0 Å². The third-order valence-corrected chi connectivity index (χ3v) is 8.03. The van der Waals surface area contributed by atoms with Crippen molar-refractivity contribution in [2.24, 2.45) is 9.98 Å². The highest BCUT2D eigenvalue weighted by Gasteiger charge is 2.33. The molecule has 1 N–H and O–H groups in total. The lowest BCUT2D eigenvalue weighted by Crippen LogP contribution is -2.34. The van der Waals surface area contributed by atoms with E-state index in [4.69, 9.17) is 0 Å². The van der Waals surface area contributed by atoms with Crippen LogP contribution < -0.4 is 0 Å². The van der Waals surface area contributed by atoms with Crippen LogP contribution in [0.15, 0.2) is 86.6 Å². The van der Waals surface area contributed by atoms with Crippen LogP contribution in [0.4, 0.5) is 8.78 Å². The molecule has 3 rings (SSSR count). The summed E-state index contributed by atoms with van der Waals surface area (Å²) in [4.78, 5) is 12.0. The number of amidine groups is 1. The topological polar surface area (TPSA) is 48.2 Å². The molecule has 40 heavy (non-hydrogen) atoms. The minimum Gasteiger partial charge on any atom is -0.388 e. The largest absolute Gasteiger partial charge is 0.388 e. The number of β-amino-alcohol motifs (C(OH)–C–C–N with tert-alkyl or cyclic N) is 1. The van der Waals surface area contributed by atoms with Crippen molar-refractivity contribution < 1.29 is 13.9 Å². The lowest BCUT2D eigenvalue weighted by Gasteiger charge is -2.23. The van der Waals surface area contributed by atoms with E-state index in [2.05, 4.69) is 64.2 Å². The summed E-state index contributed by atoms with van der Waals surface area (Å²) in [6, 6.07) is 5.11. The quantitative estimate of drug-likeness (QED) is 0.196. The third-order valence-electron chi connectivity index (χ3n) is 6.68. The van der Waals surface area contributed by atoms with Crippen molar-refractivity contribution in [2.75, 3.05) is 27.2 Å². The minimum atomic E-state index is -1.57. The van der Waals surface area contributed by atoms with Crippen LogP contribution >= 0.6 is 30.2 Å². The number of rotatable bonds is 7. The van der Waals surface area contributed by atoms with Gasteiger partial charge >= 0.3 is 0 Å². The molecule has 1 fully saturated rings. The molecule has 4 unspecified atom stereocenters. The van der Waals surface area contributed by atoms with Crippen molar-refractivity contribution in [1.82, 2.24) is 4.90 Å². The van der Waals surface area contributed by atoms with Crippen LogP contribution in [0.3, 0.4) is 0 Å². The summed E-state index contributed by atoms with van der Waals surface area (Å²) in [5.41, 5.74) is 4.49. The molecule has 0 bridgehead atoms. The molecule has 2 aliphatic rings. The van der Waals surface area contributed by atoms with E-state index >= 15 is 0 Å². The zero-order chi connectivity index (χ0) is 30.1. The molecule has 0 radical (unpaired) electrons. The van der Waals surface area contributed by atoms with E-state index in [-0.39, 0.29) is 0 Å². The number of aliphatic hydroxyl groups is 1. The van der Waals surface area contributed by atoms with Gasteiger partial charge in [0, 0.05) is 27.2 Å². The molecule has 0 saturated carbocycles. The summed E-state index contributed by atoms with van der Waals surface area (Å²) in [7, 11) is 7.84. The molecule has 0 aromatic heterocycles. The van der Waals surface area contributed by atoms with Crippen molar-refractivity contribution in [3.8, 4) is 0 Å². The van der Waals surface area contributed by atoms with Gasteiger partial charge in [-0.3, -0.25) is 9.98 Å². The van der Waals surface area contributed by atoms with Crippen LogP contribution in [-0.2, 0) is 11.6 Å². The highest BCUT2D eigenvalue weighted by atomic mass is 32.2. The summed E-state index contributed by atoms with van der Waals surface area (Å²) in [6.45, 7) is 12.6. The van der Waals surface area contributed by atoms with E-state index in [1.54, 1.807) is 44.1 Å². The first kappa shape index (κ1) is 34.3. The number of aryl methyl sites for hydroxylation is 1. The van der Waals surface area contributed by atoms with Crippen LogP contribution in [0.1, 0.15) is 57.0 Å². The highest BCUT2D eigenvalue weighted by Crippen LogP contribution is 2.43. The highest BCUT2D eigenvalue weighted by molar-refractivity contribution is 8.06. The van der Waals surface area contributed by atoms with Gasteiger partial charge in [-0.25, -0.2) is 8.78 Å². The van der Waals surface area contributed by atoms with Gasteiger partial charge in [0.1, 0.15) is 12.0 Å². The number of likely N-dealkylation sites (tertiary alicyclic amines) is 1. The number of hydrogen-bond acceptors (Lipinski definition) is 4. The molecule has 1 aromatic carbocycles. The molecular formula is C31H43F2N3OP2S. The minimum absolute atomic E-state index is 0.522. The van der Waals surface area contributed by atoms with Gasteiger partial charge in [-0.2, -0.15) is 0 Å². The Morgan fingerprint density at radius 2 is 2.02 bits per heavy atom. The number of hydrogen-bond donors (Lipinski definition) is 1. The van der Waals surface area contributed by atoms with Gasteiger partial charge in [-0.15, -0.1) is 0 Å². The number of nitrogens with zero attached hydrogens (tertiary/aromatic N) is 3. The second-order valence-corrected chi connectivity index (χ2v) is 13.3. The van der Waals surface area contributed by atoms with Gasteiger partial charge < -0.3 is 10.0 Å². The van der Waals surface area contributed by atoms with Gasteiger partial charge in [-0.1, -0.05) is 68.0 Å². The summed E-state index contributed by atoms with van der Waals surface area (Å²) >= 11 is 1.55. The van der Waals surface area contributed by atoms with Crippen LogP contribution in [0.25, 0.3) is 0 Å². The van der Waals surface area contributed by atoms with Crippen LogP contribution in [-0.4, -0.2) is 54.3 Å². The zero-order valence-electron chi connectivity index (χ0n) is 24.4. The van der Waals surface area contributed by atoms with E-state index < -0.39 is 16.9 Å². The maximum absolute atomic E-state index is 13.8. The van der Waals surface area contributed by atoms with Crippen molar-refractivity contribution in [3.05, 3.63) is 93.3 Å². The number of benzene rings is 1. The van der Waals surface area contributed by atoms with Gasteiger partial charge in [0.15, 0.2) is 5.15 Å². The molecule has 1 aromatic rings. The molecule has 1 saturated heterocycles. The Labute approximate surface area is 248 Å². The van der Waals surface area contributed by atoms with Gasteiger partial charge in [-0.05, 0) is 91.2 Å². The monoisotopic (exact) mass is 605 g/mol. The maximum atomic E-state index is 13.8. The summed E-state index contributed by atoms with van der Waals surface area (Å²) in [5.74, 6) is 0.897. The first-order chi connectivity index (χ1) is 18.8. The Morgan fingerprint density at radius 3 is 2.50 bits per heavy atom. The number of halogens is 2. The standard InChI is InChI=1S/C20H27N3OS.C11H16F2P2/c1-6-16-12-15(8-9-17(16)21-4)13-18(25-7-2)19(22-5)23-11-10-20(3,24)14-23;1-3-8-4-5-9(7(2)12)6-10(8)11(13,14)15/h6-9,12-13,24H,2,10-11,14H2,1,3-5H3;4-7H,3,14-15H2,1-2H3/b16-6-,18-13-,21-17?,22-19?;. The Balaban J connectivity index is 0.000000319. The van der Waals surface area contributed by atoms with Gasteiger partial charge in [0.2, 0.25) is 0 Å².